The highest BCUT2D eigenvalue weighted by Crippen LogP contribution is 2.37. The predicted octanol–water partition coefficient (Wildman–Crippen LogP) is 14.7. The van der Waals surface area contributed by atoms with Crippen LogP contribution in [0.5, 0.6) is 0 Å². The molecule has 9 rings (SSSR count). The van der Waals surface area contributed by atoms with Crippen LogP contribution < -0.4 is 4.90 Å². The van der Waals surface area contributed by atoms with E-state index in [4.69, 9.17) is 0 Å². The largest absolute Gasteiger partial charge is 0.337 e. The Bertz CT molecular complexity index is 2680. The minimum atomic E-state index is 0.762. The molecule has 0 atom stereocenters. The number of aromatic nitrogens is 1. The van der Waals surface area contributed by atoms with Gasteiger partial charge in [0.1, 0.15) is 0 Å². The number of anilines is 2. The Labute approximate surface area is 343 Å². The quantitative estimate of drug-likeness (QED) is 0.158. The lowest BCUT2D eigenvalue weighted by molar-refractivity contribution is 1.07. The number of fused-ring (bicyclic) bond motifs is 1. The molecular formula is C56H48N2. The van der Waals surface area contributed by atoms with Crippen LogP contribution in [-0.4, -0.2) is 11.1 Å². The van der Waals surface area contributed by atoms with Gasteiger partial charge in [0, 0.05) is 23.6 Å². The second-order valence-corrected chi connectivity index (χ2v) is 15.7. The zero-order valence-electron chi connectivity index (χ0n) is 33.8. The summed E-state index contributed by atoms with van der Waals surface area (Å²) >= 11 is 0. The summed E-state index contributed by atoms with van der Waals surface area (Å²) in [5.74, 6) is 0. The van der Waals surface area contributed by atoms with Crippen LogP contribution >= 0.6 is 0 Å². The minimum absolute atomic E-state index is 0.762. The van der Waals surface area contributed by atoms with E-state index in [2.05, 4.69) is 231 Å². The van der Waals surface area contributed by atoms with Gasteiger partial charge in [0.05, 0.1) is 11.4 Å². The lowest BCUT2D eigenvalue weighted by Gasteiger charge is -2.27. The molecule has 0 amide bonds. The van der Waals surface area contributed by atoms with E-state index in [1.165, 1.54) is 95.1 Å². The number of benzene rings is 7. The van der Waals surface area contributed by atoms with Gasteiger partial charge in [0.25, 0.3) is 0 Å². The van der Waals surface area contributed by atoms with E-state index < -0.39 is 0 Å². The molecule has 0 fully saturated rings. The van der Waals surface area contributed by atoms with Gasteiger partial charge in [-0.05, 0) is 133 Å². The van der Waals surface area contributed by atoms with E-state index in [1.807, 2.05) is 0 Å². The van der Waals surface area contributed by atoms with Crippen molar-refractivity contribution in [1.82, 2.24) is 4.57 Å². The van der Waals surface area contributed by atoms with Gasteiger partial charge in [-0.1, -0.05) is 168 Å². The zero-order chi connectivity index (χ0) is 39.6. The third-order valence-corrected chi connectivity index (χ3v) is 11.5. The molecule has 1 aromatic heterocycles. The van der Waals surface area contributed by atoms with Gasteiger partial charge in [0.15, 0.2) is 0 Å². The lowest BCUT2D eigenvalue weighted by Crippen LogP contribution is -2.18. The normalized spacial score (nSPS) is 12.7. The molecule has 58 heavy (non-hydrogen) atoms. The van der Waals surface area contributed by atoms with Gasteiger partial charge in [-0.25, -0.2) is 0 Å². The summed E-state index contributed by atoms with van der Waals surface area (Å²) in [5, 5.41) is 0. The molecule has 0 aliphatic carbocycles. The van der Waals surface area contributed by atoms with E-state index in [1.54, 1.807) is 0 Å². The summed E-state index contributed by atoms with van der Waals surface area (Å²) in [7, 11) is 0. The second kappa shape index (κ2) is 15.9. The number of allylic oxidation sites excluding steroid dienone is 3. The molecule has 282 valence electrons. The first-order chi connectivity index (χ1) is 28.4. The standard InChI is InChI=1S/C56H48N2/c1-39-7-15-44(16-8-39)43-6-5-37-57(54-34-29-50(38-51(54)24-23-43)47-17-9-40(2)10-18-47)52-30-25-45(26-31-52)46-27-32-53(33-28-46)58-55(48-19-11-41(3)12-20-48)35-36-56(58)49-21-13-42(4)14-22-49/h5-23,25-36,38H,24,37H2,1-4H3. The maximum atomic E-state index is 2.45. The molecule has 0 saturated heterocycles. The zero-order valence-corrected chi connectivity index (χ0v) is 33.8. The third-order valence-electron chi connectivity index (χ3n) is 11.5. The highest BCUT2D eigenvalue weighted by atomic mass is 15.1. The van der Waals surface area contributed by atoms with Crippen LogP contribution in [0.4, 0.5) is 11.4 Å². The minimum Gasteiger partial charge on any atom is -0.337 e. The molecule has 2 nitrogen and oxygen atoms in total. The highest BCUT2D eigenvalue weighted by Gasteiger charge is 2.17. The summed E-state index contributed by atoms with van der Waals surface area (Å²) in [6.07, 6.45) is 7.82. The third kappa shape index (κ3) is 7.62. The summed E-state index contributed by atoms with van der Waals surface area (Å²) in [5.41, 5.74) is 22.1. The van der Waals surface area contributed by atoms with Crippen molar-refractivity contribution in [2.75, 3.05) is 11.4 Å². The average molecular weight is 749 g/mol. The highest BCUT2D eigenvalue weighted by molar-refractivity contribution is 5.80. The van der Waals surface area contributed by atoms with Gasteiger partial charge in [-0.3, -0.25) is 0 Å². The van der Waals surface area contributed by atoms with Crippen molar-refractivity contribution in [2.45, 2.75) is 34.1 Å². The fraction of sp³-hybridized carbons (Fsp3) is 0.107. The van der Waals surface area contributed by atoms with Crippen molar-refractivity contribution in [2.24, 2.45) is 0 Å². The van der Waals surface area contributed by atoms with Gasteiger partial charge in [0.2, 0.25) is 0 Å². The molecule has 1 aliphatic heterocycles. The molecule has 2 heterocycles. The number of rotatable bonds is 7. The van der Waals surface area contributed by atoms with Crippen LogP contribution in [0, 0.1) is 27.7 Å². The molecule has 0 bridgehead atoms. The Morgan fingerprint density at radius 2 is 0.793 bits per heavy atom. The summed E-state index contributed by atoms with van der Waals surface area (Å²) in [6, 6.07) is 65.0. The molecule has 2 heteroatoms. The fourth-order valence-electron chi connectivity index (χ4n) is 8.06. The van der Waals surface area contributed by atoms with Crippen LogP contribution in [0.15, 0.2) is 194 Å². The van der Waals surface area contributed by atoms with Crippen molar-refractivity contribution in [3.05, 3.63) is 228 Å². The van der Waals surface area contributed by atoms with Crippen molar-refractivity contribution in [3.63, 3.8) is 0 Å². The monoisotopic (exact) mass is 748 g/mol. The number of hydrogen-bond acceptors (Lipinski definition) is 1. The Morgan fingerprint density at radius 1 is 0.379 bits per heavy atom. The molecule has 0 spiro atoms. The first-order valence-electron chi connectivity index (χ1n) is 20.3. The molecule has 0 N–H and O–H groups in total. The first kappa shape index (κ1) is 36.7. The van der Waals surface area contributed by atoms with Crippen LogP contribution in [-0.2, 0) is 6.42 Å². The van der Waals surface area contributed by atoms with Gasteiger partial charge >= 0.3 is 0 Å². The van der Waals surface area contributed by atoms with E-state index in [9.17, 15) is 0 Å². The molecule has 0 unspecified atom stereocenters. The Kier molecular flexibility index (Phi) is 10.1. The Balaban J connectivity index is 1.04. The smallest absolute Gasteiger partial charge is 0.0535 e. The van der Waals surface area contributed by atoms with E-state index >= 15 is 0 Å². The number of hydrogen-bond donors (Lipinski definition) is 0. The Hall–Kier alpha value is -6.90. The predicted molar refractivity (Wildman–Crippen MR) is 247 cm³/mol. The Morgan fingerprint density at radius 3 is 1.31 bits per heavy atom. The number of aryl methyl sites for hydroxylation is 4. The summed E-state index contributed by atoms with van der Waals surface area (Å²) < 4.78 is 2.39. The van der Waals surface area contributed by atoms with Gasteiger partial charge in [-0.15, -0.1) is 0 Å². The fourth-order valence-corrected chi connectivity index (χ4v) is 8.06. The van der Waals surface area contributed by atoms with E-state index in [-0.39, 0.29) is 0 Å². The molecular weight excluding hydrogens is 701 g/mol. The SMILES string of the molecule is Cc1ccc(C2=CCc3cc(-c4ccc(C)cc4)ccc3N(c3ccc(-c4ccc(-n5c(-c6ccc(C)cc6)ccc5-c5ccc(C)cc5)cc4)cc3)CC=C2)cc1. The second-order valence-electron chi connectivity index (χ2n) is 15.7. The maximum Gasteiger partial charge on any atom is 0.0535 e. The van der Waals surface area contributed by atoms with Crippen LogP contribution in [0.25, 0.3) is 56.0 Å². The van der Waals surface area contributed by atoms with Crippen LogP contribution in [0.3, 0.4) is 0 Å². The van der Waals surface area contributed by atoms with Gasteiger partial charge < -0.3 is 9.47 Å². The first-order valence-corrected chi connectivity index (χ1v) is 20.3. The molecule has 0 radical (unpaired) electrons. The lowest BCUT2D eigenvalue weighted by atomic mass is 9.97. The molecule has 0 saturated carbocycles. The average Bonchev–Trinajstić information content (AvgIpc) is 3.73. The van der Waals surface area contributed by atoms with Crippen molar-refractivity contribution in [3.8, 4) is 50.5 Å². The summed E-state index contributed by atoms with van der Waals surface area (Å²) in [4.78, 5) is 2.45. The van der Waals surface area contributed by atoms with Gasteiger partial charge in [-0.2, -0.15) is 0 Å². The maximum absolute atomic E-state index is 2.45. The summed E-state index contributed by atoms with van der Waals surface area (Å²) in [6.45, 7) is 9.33. The van der Waals surface area contributed by atoms with Crippen LogP contribution in [0.1, 0.15) is 33.4 Å². The van der Waals surface area contributed by atoms with Crippen molar-refractivity contribution in [1.29, 1.82) is 0 Å². The van der Waals surface area contributed by atoms with Crippen LogP contribution in [0.2, 0.25) is 0 Å². The topological polar surface area (TPSA) is 8.17 Å². The molecule has 7 aromatic carbocycles. The molecule has 1 aliphatic rings. The van der Waals surface area contributed by atoms with E-state index in [0.29, 0.717) is 0 Å². The van der Waals surface area contributed by atoms with Crippen molar-refractivity contribution >= 4 is 16.9 Å². The number of nitrogens with zero attached hydrogens (tertiary/aromatic N) is 2. The molecule has 8 aromatic rings. The van der Waals surface area contributed by atoms with E-state index in [0.717, 1.165) is 18.7 Å². The van der Waals surface area contributed by atoms with Crippen molar-refractivity contribution < 1.29 is 0 Å².